The molecule has 1 amide bonds. The van der Waals surface area contributed by atoms with Crippen LogP contribution in [-0.2, 0) is 4.79 Å². The number of nitrogen functional groups attached to an aromatic ring is 1. The van der Waals surface area contributed by atoms with Crippen LogP contribution in [0.2, 0.25) is 0 Å². The molecule has 1 aromatic carbocycles. The van der Waals surface area contributed by atoms with Gasteiger partial charge >= 0.3 is 0 Å². The molecule has 1 rings (SSSR count). The third-order valence-electron chi connectivity index (χ3n) is 2.12. The summed E-state index contributed by atoms with van der Waals surface area (Å²) in [6, 6.07) is 7.35. The van der Waals surface area contributed by atoms with Gasteiger partial charge in [-0.15, -0.1) is 0 Å². The number of anilines is 2. The highest BCUT2D eigenvalue weighted by Gasteiger charge is 2.10. The van der Waals surface area contributed by atoms with Crippen LogP contribution in [0.5, 0.6) is 0 Å². The van der Waals surface area contributed by atoms with Gasteiger partial charge in [0.25, 0.3) is 0 Å². The standard InChI is InChI=1S/C11H16N2O/c1-3-11(14)13(4-2)10-7-5-9(12)6-8-10/h5-8H,3-4,12H2,1-2H3. The summed E-state index contributed by atoms with van der Waals surface area (Å²) in [7, 11) is 0. The minimum atomic E-state index is 0.136. The van der Waals surface area contributed by atoms with Crippen LogP contribution < -0.4 is 10.6 Å². The third kappa shape index (κ3) is 2.25. The Bertz CT molecular complexity index is 306. The Labute approximate surface area is 84.5 Å². The summed E-state index contributed by atoms with van der Waals surface area (Å²) in [6.45, 7) is 4.52. The van der Waals surface area contributed by atoms with Gasteiger partial charge in [0.05, 0.1) is 0 Å². The van der Waals surface area contributed by atoms with E-state index in [1.165, 1.54) is 0 Å². The van der Waals surface area contributed by atoms with Crippen LogP contribution in [-0.4, -0.2) is 12.5 Å². The number of carbonyl (C=O) groups excluding carboxylic acids is 1. The number of nitrogens with two attached hydrogens (primary N) is 1. The van der Waals surface area contributed by atoms with Gasteiger partial charge < -0.3 is 10.6 Å². The molecule has 0 heterocycles. The van der Waals surface area contributed by atoms with E-state index < -0.39 is 0 Å². The van der Waals surface area contributed by atoms with E-state index in [1.807, 2.05) is 26.0 Å². The zero-order chi connectivity index (χ0) is 10.6. The van der Waals surface area contributed by atoms with E-state index >= 15 is 0 Å². The second-order valence-corrected chi connectivity index (χ2v) is 3.08. The van der Waals surface area contributed by atoms with E-state index in [1.54, 1.807) is 17.0 Å². The van der Waals surface area contributed by atoms with Gasteiger partial charge in [0, 0.05) is 24.3 Å². The minimum Gasteiger partial charge on any atom is -0.399 e. The minimum absolute atomic E-state index is 0.136. The van der Waals surface area contributed by atoms with Crippen molar-refractivity contribution in [3.63, 3.8) is 0 Å². The molecule has 0 radical (unpaired) electrons. The lowest BCUT2D eigenvalue weighted by molar-refractivity contribution is -0.118. The van der Waals surface area contributed by atoms with Crippen molar-refractivity contribution in [3.05, 3.63) is 24.3 Å². The first-order valence-corrected chi connectivity index (χ1v) is 4.85. The predicted octanol–water partition coefficient (Wildman–Crippen LogP) is 2.03. The Morgan fingerprint density at radius 1 is 1.29 bits per heavy atom. The van der Waals surface area contributed by atoms with Crippen molar-refractivity contribution in [2.75, 3.05) is 17.2 Å². The summed E-state index contributed by atoms with van der Waals surface area (Å²) in [6.07, 6.45) is 0.526. The van der Waals surface area contributed by atoms with E-state index in [0.29, 0.717) is 18.7 Å². The largest absolute Gasteiger partial charge is 0.399 e. The van der Waals surface area contributed by atoms with E-state index in [-0.39, 0.29) is 5.91 Å². The van der Waals surface area contributed by atoms with Crippen molar-refractivity contribution in [1.82, 2.24) is 0 Å². The SMILES string of the molecule is CCC(=O)N(CC)c1ccc(N)cc1. The smallest absolute Gasteiger partial charge is 0.226 e. The molecule has 0 aliphatic heterocycles. The normalized spacial score (nSPS) is 9.86. The van der Waals surface area contributed by atoms with Gasteiger partial charge in [0.15, 0.2) is 0 Å². The number of hydrogen-bond acceptors (Lipinski definition) is 2. The molecule has 0 saturated heterocycles. The quantitative estimate of drug-likeness (QED) is 0.745. The second kappa shape index (κ2) is 4.65. The molecular weight excluding hydrogens is 176 g/mol. The maximum Gasteiger partial charge on any atom is 0.226 e. The summed E-state index contributed by atoms with van der Waals surface area (Å²) in [5.74, 6) is 0.136. The number of rotatable bonds is 3. The predicted molar refractivity (Wildman–Crippen MR) is 59.2 cm³/mol. The molecule has 76 valence electrons. The van der Waals surface area contributed by atoms with Crippen LogP contribution in [0.15, 0.2) is 24.3 Å². The summed E-state index contributed by atoms with van der Waals surface area (Å²) in [4.78, 5) is 13.3. The summed E-state index contributed by atoms with van der Waals surface area (Å²) in [5, 5.41) is 0. The van der Waals surface area contributed by atoms with E-state index in [9.17, 15) is 4.79 Å². The zero-order valence-electron chi connectivity index (χ0n) is 8.66. The topological polar surface area (TPSA) is 46.3 Å². The molecule has 0 spiro atoms. The fraction of sp³-hybridized carbons (Fsp3) is 0.364. The molecule has 14 heavy (non-hydrogen) atoms. The van der Waals surface area contributed by atoms with Gasteiger partial charge in [-0.3, -0.25) is 4.79 Å². The van der Waals surface area contributed by atoms with Crippen LogP contribution in [0.3, 0.4) is 0 Å². The first-order chi connectivity index (χ1) is 6.69. The first-order valence-electron chi connectivity index (χ1n) is 4.85. The van der Waals surface area contributed by atoms with Gasteiger partial charge in [-0.2, -0.15) is 0 Å². The molecule has 0 aromatic heterocycles. The van der Waals surface area contributed by atoms with E-state index in [2.05, 4.69) is 0 Å². The number of amides is 1. The summed E-state index contributed by atoms with van der Waals surface area (Å²) >= 11 is 0. The monoisotopic (exact) mass is 192 g/mol. The number of nitrogens with zero attached hydrogens (tertiary/aromatic N) is 1. The van der Waals surface area contributed by atoms with Crippen LogP contribution in [0.25, 0.3) is 0 Å². The highest BCUT2D eigenvalue weighted by atomic mass is 16.2. The Balaban J connectivity index is 2.89. The van der Waals surface area contributed by atoms with Crippen molar-refractivity contribution in [2.45, 2.75) is 20.3 Å². The Hall–Kier alpha value is -1.51. The van der Waals surface area contributed by atoms with Crippen LogP contribution in [0.4, 0.5) is 11.4 Å². The van der Waals surface area contributed by atoms with Gasteiger partial charge in [0.1, 0.15) is 0 Å². The Morgan fingerprint density at radius 3 is 2.29 bits per heavy atom. The lowest BCUT2D eigenvalue weighted by atomic mass is 10.2. The van der Waals surface area contributed by atoms with Crippen molar-refractivity contribution in [2.24, 2.45) is 0 Å². The average Bonchev–Trinajstić information content (AvgIpc) is 2.21. The lowest BCUT2D eigenvalue weighted by Crippen LogP contribution is -2.29. The van der Waals surface area contributed by atoms with Crippen molar-refractivity contribution < 1.29 is 4.79 Å². The molecular formula is C11H16N2O. The molecule has 2 N–H and O–H groups in total. The Morgan fingerprint density at radius 2 is 1.86 bits per heavy atom. The molecule has 0 atom stereocenters. The average molecular weight is 192 g/mol. The zero-order valence-corrected chi connectivity index (χ0v) is 8.66. The second-order valence-electron chi connectivity index (χ2n) is 3.08. The molecule has 1 aromatic rings. The molecule has 0 bridgehead atoms. The molecule has 0 aliphatic rings. The third-order valence-corrected chi connectivity index (χ3v) is 2.12. The first kappa shape index (κ1) is 10.6. The van der Waals surface area contributed by atoms with Crippen molar-refractivity contribution in [1.29, 1.82) is 0 Å². The lowest BCUT2D eigenvalue weighted by Gasteiger charge is -2.20. The summed E-state index contributed by atoms with van der Waals surface area (Å²) < 4.78 is 0. The molecule has 3 heteroatoms. The molecule has 0 saturated carbocycles. The molecule has 3 nitrogen and oxygen atoms in total. The molecule has 0 fully saturated rings. The fourth-order valence-electron chi connectivity index (χ4n) is 1.35. The van der Waals surface area contributed by atoms with Gasteiger partial charge in [0.2, 0.25) is 5.91 Å². The number of carbonyl (C=O) groups is 1. The van der Waals surface area contributed by atoms with E-state index in [0.717, 1.165) is 5.69 Å². The summed E-state index contributed by atoms with van der Waals surface area (Å²) in [5.41, 5.74) is 7.20. The molecule has 0 unspecified atom stereocenters. The van der Waals surface area contributed by atoms with Crippen LogP contribution >= 0.6 is 0 Å². The Kier molecular flexibility index (Phi) is 3.51. The fourth-order valence-corrected chi connectivity index (χ4v) is 1.35. The number of hydrogen-bond donors (Lipinski definition) is 1. The maximum atomic E-state index is 11.5. The van der Waals surface area contributed by atoms with Gasteiger partial charge in [-0.05, 0) is 31.2 Å². The maximum absolute atomic E-state index is 11.5. The van der Waals surface area contributed by atoms with Crippen molar-refractivity contribution >= 4 is 17.3 Å². The number of benzene rings is 1. The van der Waals surface area contributed by atoms with Crippen LogP contribution in [0.1, 0.15) is 20.3 Å². The molecule has 0 aliphatic carbocycles. The van der Waals surface area contributed by atoms with Gasteiger partial charge in [-0.25, -0.2) is 0 Å². The highest BCUT2D eigenvalue weighted by molar-refractivity contribution is 5.93. The van der Waals surface area contributed by atoms with Gasteiger partial charge in [-0.1, -0.05) is 6.92 Å². The van der Waals surface area contributed by atoms with E-state index in [4.69, 9.17) is 5.73 Å². The van der Waals surface area contributed by atoms with Crippen molar-refractivity contribution in [3.8, 4) is 0 Å². The van der Waals surface area contributed by atoms with Crippen LogP contribution in [0, 0.1) is 0 Å². The highest BCUT2D eigenvalue weighted by Crippen LogP contribution is 2.16.